The fourth-order valence-electron chi connectivity index (χ4n) is 3.01. The molecule has 8 N–H and O–H groups in total. The van der Waals surface area contributed by atoms with Crippen LogP contribution >= 0.6 is 0 Å². The highest BCUT2D eigenvalue weighted by atomic mass is 35.5. The van der Waals surface area contributed by atoms with Crippen LogP contribution in [0.1, 0.15) is 13.3 Å². The Morgan fingerprint density at radius 2 is 0.811 bits per heavy atom. The van der Waals surface area contributed by atoms with E-state index in [1.165, 1.54) is 23.1 Å². The van der Waals surface area contributed by atoms with Gasteiger partial charge in [-0.05, 0) is 37.3 Å². The molecule has 0 atom stereocenters. The lowest BCUT2D eigenvalue weighted by atomic mass is 10.3. The molecule has 0 aromatic heterocycles. The van der Waals surface area contributed by atoms with E-state index in [1.54, 1.807) is 28.1 Å². The van der Waals surface area contributed by atoms with Crippen molar-refractivity contribution < 1.29 is 127 Å². The largest absolute Gasteiger partial charge is 1.00 e. The number of halogens is 1. The number of carboxylic acid groups (broad SMARTS) is 1. The Kier molecular flexibility index (Phi) is 87.4. The SMILES string of the molecule is C=C(C)C(=O)NCCO.C=CC(=O)N(C)C.C=CC(=O)NCCOCCOC(=O)C=C.C=CC(=O)NCNC(=O)C=C.C=CC(=O)OCCC(=O)O.C=CC(=O)OCCOC.C=CC(=O)OCCOC(=O)C=C.C=CC(=O)OCC[N+](C)(C)C.C=CC(N)=O.[Cl-]. The number of nitrogens with one attached hydrogen (secondary N) is 4. The van der Waals surface area contributed by atoms with Crippen molar-refractivity contribution >= 4 is 77.2 Å². The molecule has 0 saturated heterocycles. The van der Waals surface area contributed by atoms with Gasteiger partial charge in [0.05, 0.1) is 60.7 Å². The zero-order valence-corrected chi connectivity index (χ0v) is 53.5. The van der Waals surface area contributed by atoms with Crippen LogP contribution in [0.15, 0.2) is 151 Å². The number of nitrogens with zero attached hydrogens (tertiary/aromatic N) is 2. The Bertz CT molecular complexity index is 2180. The molecule has 90 heavy (non-hydrogen) atoms. The van der Waals surface area contributed by atoms with Crippen LogP contribution in [0.3, 0.4) is 0 Å². The van der Waals surface area contributed by atoms with Crippen LogP contribution < -0.4 is 39.4 Å². The highest BCUT2D eigenvalue weighted by Crippen LogP contribution is 1.90. The topological polar surface area (TPSA) is 414 Å². The van der Waals surface area contributed by atoms with E-state index in [9.17, 15) is 62.3 Å². The maximum atomic E-state index is 10.7. The van der Waals surface area contributed by atoms with Crippen molar-refractivity contribution in [2.24, 2.45) is 5.73 Å². The van der Waals surface area contributed by atoms with Gasteiger partial charge in [0, 0.05) is 76.3 Å². The van der Waals surface area contributed by atoms with Gasteiger partial charge in [-0.2, -0.15) is 0 Å². The lowest BCUT2D eigenvalue weighted by Crippen LogP contribution is -3.00. The molecule has 0 radical (unpaired) electrons. The molecule has 0 aliphatic rings. The van der Waals surface area contributed by atoms with Crippen molar-refractivity contribution in [3.63, 3.8) is 0 Å². The second-order valence-corrected chi connectivity index (χ2v) is 16.0. The predicted octanol–water partition coefficient (Wildman–Crippen LogP) is -2.41. The molecule has 30 nitrogen and oxygen atoms in total. The molecule has 0 aromatic rings. The molecule has 0 bridgehead atoms. The van der Waals surface area contributed by atoms with Gasteiger partial charge >= 0.3 is 41.8 Å². The number of aliphatic carboxylic acids is 1. The maximum absolute atomic E-state index is 10.7. The average Bonchev–Trinajstić information content (AvgIpc) is 3.52. The summed E-state index contributed by atoms with van der Waals surface area (Å²) in [6.07, 6.45) is 12.0. The minimum absolute atomic E-state index is 0. The summed E-state index contributed by atoms with van der Waals surface area (Å²) in [5.41, 5.74) is 5.00. The average molecular weight is 1300 g/mol. The summed E-state index contributed by atoms with van der Waals surface area (Å²) in [4.78, 5) is 136. The number of amides is 6. The third-order valence-corrected chi connectivity index (χ3v) is 7.37. The first kappa shape index (κ1) is 102. The third-order valence-electron chi connectivity index (χ3n) is 7.37. The number of likely N-dealkylation sites (N-methyl/N-ethyl adjacent to an activating group) is 2. The minimum atomic E-state index is -0.989. The van der Waals surface area contributed by atoms with Gasteiger partial charge in [-0.15, -0.1) is 0 Å². The van der Waals surface area contributed by atoms with Gasteiger partial charge in [0.15, 0.2) is 0 Å². The summed E-state index contributed by atoms with van der Waals surface area (Å²) in [6, 6.07) is 0. The van der Waals surface area contributed by atoms with Crippen LogP contribution in [-0.2, 0) is 100 Å². The fraction of sp³-hybridized carbons (Fsp3) is 0.373. The third kappa shape index (κ3) is 110. The molecule has 0 saturated carbocycles. The minimum Gasteiger partial charge on any atom is -1.00 e. The first-order valence-electron chi connectivity index (χ1n) is 25.5. The van der Waals surface area contributed by atoms with Crippen LogP contribution in [0.25, 0.3) is 0 Å². The molecular formula is C59H94ClN7O23. The lowest BCUT2D eigenvalue weighted by Gasteiger charge is -2.23. The number of carboxylic acids is 1. The Morgan fingerprint density at radius 3 is 1.08 bits per heavy atom. The highest BCUT2D eigenvalue weighted by Gasteiger charge is 2.07. The Balaban J connectivity index is -0.000000101. The standard InChI is InChI=1S/C10H15NO4.C8H16NO2.C8H10O4.C7H10N2O2.C6H11NO2.C6H8O4.C6H10O3.C5H9NO.C3H5NO.ClH/c1-3-9(12)11-5-6-14-7-8-15-10(13)4-2;1-5-8(10)11-7-6-9(2,3)4;1-3-7(9)11-5-6-12-8(10)4-2;1-3-6(10)8-5-9-7(11)4-2;1-5(2)6(9)7-3-4-8;1-2-6(9)10-4-3-5(7)8;1-3-6(7)9-5-4-8-2;1-4-5(7)6(2)3;1-2-3(4)5;/h3-4H,1-2,5-8H2,(H,11,12);5H,1,6-7H2,2-4H3;3-4H,1-2,5-6H2;3-4H,1-2,5H2,(H,8,10)(H,9,11);8H,1,3-4H2,2H3,(H,7,9);2H,1,3-4H2,(H,7,8);3H,1,4-5H2,2H3;4H,1H2,2-3H3;2H,1H2,(H2,4,5);1H/q;+1;;;;;;;;/p-1. The number of ether oxygens (including phenoxy) is 8. The second-order valence-electron chi connectivity index (χ2n) is 16.0. The number of rotatable bonds is 34. The summed E-state index contributed by atoms with van der Waals surface area (Å²) < 4.78 is 37.9. The first-order valence-corrected chi connectivity index (χ1v) is 25.5. The number of aliphatic hydroxyl groups is 1. The van der Waals surface area contributed by atoms with Crippen LogP contribution in [0, 0.1) is 0 Å². The number of methoxy groups -OCH3 is 1. The van der Waals surface area contributed by atoms with Gasteiger partial charge in [-0.25, -0.2) is 28.8 Å². The van der Waals surface area contributed by atoms with Gasteiger partial charge in [0.2, 0.25) is 35.4 Å². The van der Waals surface area contributed by atoms with Crippen molar-refractivity contribution in [3.8, 4) is 0 Å². The summed E-state index contributed by atoms with van der Waals surface area (Å²) in [6.45, 7) is 44.0. The zero-order valence-electron chi connectivity index (χ0n) is 52.8. The molecule has 0 heterocycles. The van der Waals surface area contributed by atoms with E-state index in [1.807, 2.05) is 21.1 Å². The number of aliphatic hydroxyl groups excluding tert-OH is 1. The quantitative estimate of drug-likeness (QED) is 0.00881. The lowest BCUT2D eigenvalue weighted by molar-refractivity contribution is -0.870. The number of nitrogens with two attached hydrogens (primary N) is 1. The van der Waals surface area contributed by atoms with Crippen molar-refractivity contribution in [2.45, 2.75) is 13.3 Å². The molecule has 0 aliphatic carbocycles. The summed E-state index contributed by atoms with van der Waals surface area (Å²) in [7, 11) is 11.0. The smallest absolute Gasteiger partial charge is 0.330 e. The van der Waals surface area contributed by atoms with Gasteiger partial charge in [0.25, 0.3) is 0 Å². The van der Waals surface area contributed by atoms with E-state index < -0.39 is 41.7 Å². The molecule has 0 aromatic carbocycles. The van der Waals surface area contributed by atoms with E-state index in [0.717, 1.165) is 59.6 Å². The second kappa shape index (κ2) is 77.1. The number of carbonyl (C=O) groups is 13. The van der Waals surface area contributed by atoms with Gasteiger partial charge in [0.1, 0.15) is 46.2 Å². The molecule has 0 spiro atoms. The fourth-order valence-corrected chi connectivity index (χ4v) is 3.01. The predicted molar refractivity (Wildman–Crippen MR) is 333 cm³/mol. The maximum Gasteiger partial charge on any atom is 0.330 e. The molecule has 0 aliphatic heterocycles. The Morgan fingerprint density at radius 1 is 0.478 bits per heavy atom. The van der Waals surface area contributed by atoms with E-state index in [-0.39, 0.29) is 94.0 Å². The van der Waals surface area contributed by atoms with E-state index in [2.05, 4.69) is 134 Å². The summed E-state index contributed by atoms with van der Waals surface area (Å²) in [5, 5.41) is 26.0. The Labute approximate surface area is 534 Å². The number of hydrogen-bond acceptors (Lipinski definition) is 22. The van der Waals surface area contributed by atoms with Crippen molar-refractivity contribution in [1.82, 2.24) is 26.2 Å². The van der Waals surface area contributed by atoms with E-state index in [4.69, 9.17) is 19.7 Å². The Hall–Kier alpha value is -9.88. The van der Waals surface area contributed by atoms with Crippen LogP contribution in [0.5, 0.6) is 0 Å². The monoisotopic (exact) mass is 1300 g/mol. The number of hydrogen-bond donors (Lipinski definition) is 7. The number of quaternary nitrogens is 1. The van der Waals surface area contributed by atoms with Crippen LogP contribution in [0.4, 0.5) is 0 Å². The molecule has 510 valence electrons. The van der Waals surface area contributed by atoms with E-state index >= 15 is 0 Å². The molecular weight excluding hydrogens is 1210 g/mol. The van der Waals surface area contributed by atoms with E-state index in [0.29, 0.717) is 51.7 Å². The zero-order chi connectivity index (χ0) is 71.0. The van der Waals surface area contributed by atoms with Gasteiger partial charge in [-0.1, -0.05) is 78.9 Å². The van der Waals surface area contributed by atoms with Crippen LogP contribution in [0.2, 0.25) is 0 Å². The van der Waals surface area contributed by atoms with Crippen LogP contribution in [-0.4, -0.2) is 232 Å². The normalized spacial score (nSPS) is 8.53. The summed E-state index contributed by atoms with van der Waals surface area (Å²) in [5.74, 6) is -5.52. The van der Waals surface area contributed by atoms with Crippen molar-refractivity contribution in [1.29, 1.82) is 0 Å². The first-order chi connectivity index (χ1) is 41.7. The molecule has 6 amide bonds. The number of primary amides is 1. The molecule has 0 fully saturated rings. The number of carbonyl (C=O) groups excluding carboxylic acids is 12. The molecule has 31 heteroatoms. The molecule has 0 rings (SSSR count). The summed E-state index contributed by atoms with van der Waals surface area (Å²) >= 11 is 0. The number of esters is 6. The van der Waals surface area contributed by atoms with Gasteiger partial charge < -0.3 is 96.9 Å². The van der Waals surface area contributed by atoms with Crippen molar-refractivity contribution in [2.75, 3.05) is 135 Å². The molecule has 0 unspecified atom stereocenters. The van der Waals surface area contributed by atoms with Crippen molar-refractivity contribution in [3.05, 3.63) is 151 Å². The highest BCUT2D eigenvalue weighted by molar-refractivity contribution is 5.92. The van der Waals surface area contributed by atoms with Gasteiger partial charge in [-0.3, -0.25) is 33.6 Å².